The molecule has 0 amide bonds. The average Bonchev–Trinajstić information content (AvgIpc) is 3.33. The largest absolute Gasteiger partial charge is 0.367 e. The fourth-order valence-corrected chi connectivity index (χ4v) is 4.01. The molecule has 0 aromatic carbocycles. The zero-order chi connectivity index (χ0) is 16.5. The van der Waals surface area contributed by atoms with E-state index in [0.29, 0.717) is 12.0 Å². The van der Waals surface area contributed by atoms with Gasteiger partial charge in [0.05, 0.1) is 0 Å². The summed E-state index contributed by atoms with van der Waals surface area (Å²) >= 11 is 1.78. The van der Waals surface area contributed by atoms with E-state index < -0.39 is 0 Å². The van der Waals surface area contributed by atoms with Gasteiger partial charge in [0.25, 0.3) is 0 Å². The van der Waals surface area contributed by atoms with Crippen LogP contribution in [-0.2, 0) is 0 Å². The SMILES string of the molecule is CN(C)c1cc(NC2CCN(c3nnc(C4CC4)s3)CC2)ncn1. The predicted octanol–water partition coefficient (Wildman–Crippen LogP) is 2.35. The van der Waals surface area contributed by atoms with Gasteiger partial charge in [-0.05, 0) is 25.7 Å². The van der Waals surface area contributed by atoms with Gasteiger partial charge in [0.1, 0.15) is 23.0 Å². The molecular formula is C16H23N7S. The molecule has 8 heteroatoms. The molecule has 1 aliphatic carbocycles. The van der Waals surface area contributed by atoms with E-state index in [1.165, 1.54) is 17.8 Å². The second kappa shape index (κ2) is 6.51. The summed E-state index contributed by atoms with van der Waals surface area (Å²) in [5.41, 5.74) is 0. The Bertz CT molecular complexity index is 689. The summed E-state index contributed by atoms with van der Waals surface area (Å²) in [7, 11) is 3.98. The van der Waals surface area contributed by atoms with Crippen molar-refractivity contribution in [3.8, 4) is 0 Å². The van der Waals surface area contributed by atoms with Gasteiger partial charge < -0.3 is 15.1 Å². The molecule has 2 aromatic heterocycles. The molecule has 4 rings (SSSR count). The average molecular weight is 345 g/mol. The third kappa shape index (κ3) is 3.43. The highest BCUT2D eigenvalue weighted by Crippen LogP contribution is 2.42. The van der Waals surface area contributed by atoms with Crippen molar-refractivity contribution in [2.75, 3.05) is 42.3 Å². The molecule has 0 spiro atoms. The first-order chi connectivity index (χ1) is 11.7. The summed E-state index contributed by atoms with van der Waals surface area (Å²) in [5.74, 6) is 2.52. The molecular weight excluding hydrogens is 322 g/mol. The summed E-state index contributed by atoms with van der Waals surface area (Å²) < 4.78 is 0. The molecule has 1 saturated carbocycles. The Morgan fingerprint density at radius 2 is 1.92 bits per heavy atom. The van der Waals surface area contributed by atoms with Crippen molar-refractivity contribution in [3.63, 3.8) is 0 Å². The van der Waals surface area contributed by atoms with Crippen LogP contribution in [0.2, 0.25) is 0 Å². The first-order valence-corrected chi connectivity index (χ1v) is 9.35. The maximum Gasteiger partial charge on any atom is 0.208 e. The van der Waals surface area contributed by atoms with E-state index in [-0.39, 0.29) is 0 Å². The van der Waals surface area contributed by atoms with E-state index in [0.717, 1.165) is 42.7 Å². The molecule has 128 valence electrons. The number of piperidine rings is 1. The maximum atomic E-state index is 4.39. The van der Waals surface area contributed by atoms with Crippen LogP contribution in [0.1, 0.15) is 36.6 Å². The lowest BCUT2D eigenvalue weighted by atomic mass is 10.1. The normalized spacial score (nSPS) is 18.7. The van der Waals surface area contributed by atoms with Crippen LogP contribution in [0.5, 0.6) is 0 Å². The minimum absolute atomic E-state index is 0.446. The van der Waals surface area contributed by atoms with Crippen molar-refractivity contribution in [1.82, 2.24) is 20.2 Å². The van der Waals surface area contributed by atoms with Crippen molar-refractivity contribution >= 4 is 28.1 Å². The Balaban J connectivity index is 1.33. The lowest BCUT2D eigenvalue weighted by Gasteiger charge is -2.32. The summed E-state index contributed by atoms with van der Waals surface area (Å²) in [6, 6.07) is 2.45. The zero-order valence-corrected chi connectivity index (χ0v) is 15.0. The number of hydrogen-bond acceptors (Lipinski definition) is 8. The quantitative estimate of drug-likeness (QED) is 0.892. The second-order valence-electron chi connectivity index (χ2n) is 6.76. The van der Waals surface area contributed by atoms with Gasteiger partial charge in [0, 0.05) is 45.2 Å². The lowest BCUT2D eigenvalue weighted by molar-refractivity contribution is 0.524. The Hall–Kier alpha value is -1.96. The number of nitrogens with zero attached hydrogens (tertiary/aromatic N) is 6. The molecule has 0 bridgehead atoms. The van der Waals surface area contributed by atoms with Gasteiger partial charge >= 0.3 is 0 Å². The minimum atomic E-state index is 0.446. The van der Waals surface area contributed by atoms with Gasteiger partial charge in [-0.25, -0.2) is 9.97 Å². The molecule has 1 N–H and O–H groups in total. The molecule has 24 heavy (non-hydrogen) atoms. The van der Waals surface area contributed by atoms with Crippen LogP contribution in [0.3, 0.4) is 0 Å². The number of hydrogen-bond donors (Lipinski definition) is 1. The van der Waals surface area contributed by atoms with E-state index in [4.69, 9.17) is 0 Å². The van der Waals surface area contributed by atoms with Gasteiger partial charge in [-0.1, -0.05) is 11.3 Å². The standard InChI is InChI=1S/C16H23N7S/c1-22(2)14-9-13(17-10-18-14)19-12-5-7-23(8-6-12)16-21-20-15(24-16)11-3-4-11/h9-12H,3-8H2,1-2H3,(H,17,18,19). The van der Waals surface area contributed by atoms with Gasteiger partial charge in [0.15, 0.2) is 0 Å². The van der Waals surface area contributed by atoms with Crippen LogP contribution < -0.4 is 15.1 Å². The van der Waals surface area contributed by atoms with Gasteiger partial charge in [-0.2, -0.15) is 0 Å². The molecule has 0 radical (unpaired) electrons. The van der Waals surface area contributed by atoms with E-state index in [1.807, 2.05) is 25.1 Å². The zero-order valence-electron chi connectivity index (χ0n) is 14.1. The summed E-state index contributed by atoms with van der Waals surface area (Å²) in [5, 5.41) is 14.6. The van der Waals surface area contributed by atoms with Crippen LogP contribution in [0.4, 0.5) is 16.8 Å². The Morgan fingerprint density at radius 1 is 1.12 bits per heavy atom. The van der Waals surface area contributed by atoms with Gasteiger partial charge in [0.2, 0.25) is 5.13 Å². The number of nitrogens with one attached hydrogen (secondary N) is 1. The van der Waals surface area contributed by atoms with Crippen LogP contribution in [0, 0.1) is 0 Å². The first kappa shape index (κ1) is 15.6. The molecule has 1 aliphatic heterocycles. The van der Waals surface area contributed by atoms with E-state index in [1.54, 1.807) is 17.7 Å². The second-order valence-corrected chi connectivity index (χ2v) is 7.75. The minimum Gasteiger partial charge on any atom is -0.367 e. The maximum absolute atomic E-state index is 4.39. The molecule has 2 aromatic rings. The molecule has 0 unspecified atom stereocenters. The van der Waals surface area contributed by atoms with E-state index in [2.05, 4.69) is 30.4 Å². The number of rotatable bonds is 5. The highest BCUT2D eigenvalue weighted by atomic mass is 32.1. The number of anilines is 3. The molecule has 2 fully saturated rings. The smallest absolute Gasteiger partial charge is 0.208 e. The third-order valence-corrected chi connectivity index (χ3v) is 5.73. The Labute approximate surface area is 146 Å². The molecule has 7 nitrogen and oxygen atoms in total. The van der Waals surface area contributed by atoms with Crippen molar-refractivity contribution in [2.45, 2.75) is 37.6 Å². The van der Waals surface area contributed by atoms with Crippen molar-refractivity contribution < 1.29 is 0 Å². The third-order valence-electron chi connectivity index (χ3n) is 4.58. The predicted molar refractivity (Wildman–Crippen MR) is 97.1 cm³/mol. The molecule has 1 saturated heterocycles. The monoisotopic (exact) mass is 345 g/mol. The fraction of sp³-hybridized carbons (Fsp3) is 0.625. The highest BCUT2D eigenvalue weighted by molar-refractivity contribution is 7.15. The van der Waals surface area contributed by atoms with Crippen molar-refractivity contribution in [3.05, 3.63) is 17.4 Å². The lowest BCUT2D eigenvalue weighted by Crippen LogP contribution is -2.39. The van der Waals surface area contributed by atoms with Crippen molar-refractivity contribution in [2.24, 2.45) is 0 Å². The van der Waals surface area contributed by atoms with Crippen LogP contribution in [-0.4, -0.2) is 53.4 Å². The summed E-state index contributed by atoms with van der Waals surface area (Å²) in [6.07, 6.45) is 6.36. The first-order valence-electron chi connectivity index (χ1n) is 8.53. The Morgan fingerprint density at radius 3 is 2.62 bits per heavy atom. The summed E-state index contributed by atoms with van der Waals surface area (Å²) in [6.45, 7) is 2.03. The molecule has 3 heterocycles. The van der Waals surface area contributed by atoms with Crippen LogP contribution >= 0.6 is 11.3 Å². The van der Waals surface area contributed by atoms with E-state index >= 15 is 0 Å². The Kier molecular flexibility index (Phi) is 4.22. The molecule has 0 atom stereocenters. The topological polar surface area (TPSA) is 70.1 Å². The fourth-order valence-electron chi connectivity index (χ4n) is 2.94. The highest BCUT2D eigenvalue weighted by Gasteiger charge is 2.29. The van der Waals surface area contributed by atoms with Crippen LogP contribution in [0.15, 0.2) is 12.4 Å². The number of aromatic nitrogens is 4. The molecule has 2 aliphatic rings. The van der Waals surface area contributed by atoms with Crippen LogP contribution in [0.25, 0.3) is 0 Å². The van der Waals surface area contributed by atoms with Crippen molar-refractivity contribution in [1.29, 1.82) is 0 Å². The van der Waals surface area contributed by atoms with E-state index in [9.17, 15) is 0 Å². The summed E-state index contributed by atoms with van der Waals surface area (Å²) in [4.78, 5) is 13.0. The van der Waals surface area contributed by atoms with Gasteiger partial charge in [-0.3, -0.25) is 0 Å². The van der Waals surface area contributed by atoms with Gasteiger partial charge in [-0.15, -0.1) is 10.2 Å².